The summed E-state index contributed by atoms with van der Waals surface area (Å²) in [5, 5.41) is 0. The first-order valence-electron chi connectivity index (χ1n) is 7.80. The highest BCUT2D eigenvalue weighted by atomic mass is 16.5. The van der Waals surface area contributed by atoms with Crippen LogP contribution in [0, 0.1) is 16.7 Å². The predicted octanol–water partition coefficient (Wildman–Crippen LogP) is 3.91. The zero-order valence-corrected chi connectivity index (χ0v) is 14.5. The molecule has 0 N–H and O–H groups in total. The molecule has 0 unspecified atom stereocenters. The summed E-state index contributed by atoms with van der Waals surface area (Å²) < 4.78 is 17.4. The Hall–Kier alpha value is -0.120. The highest BCUT2D eigenvalue weighted by Crippen LogP contribution is 2.44. The normalized spacial score (nSPS) is 18.1. The van der Waals surface area contributed by atoms with E-state index in [-0.39, 0.29) is 16.4 Å². The highest BCUT2D eigenvalue weighted by Gasteiger charge is 2.45. The molecule has 0 aromatic rings. The molecule has 3 nitrogen and oxygen atoms in total. The van der Waals surface area contributed by atoms with Crippen molar-refractivity contribution in [1.29, 1.82) is 0 Å². The number of ether oxygens (including phenoxy) is 3. The topological polar surface area (TPSA) is 27.7 Å². The van der Waals surface area contributed by atoms with Crippen LogP contribution in [0.15, 0.2) is 0 Å². The van der Waals surface area contributed by atoms with Gasteiger partial charge in [0.05, 0.1) is 25.4 Å². The smallest absolute Gasteiger partial charge is 0.0674 e. The van der Waals surface area contributed by atoms with E-state index in [4.69, 9.17) is 14.2 Å². The summed E-state index contributed by atoms with van der Waals surface area (Å²) in [6.07, 6.45) is 3.86. The van der Waals surface area contributed by atoms with Gasteiger partial charge in [-0.2, -0.15) is 0 Å². The molecule has 0 spiro atoms. The molecule has 20 heavy (non-hydrogen) atoms. The van der Waals surface area contributed by atoms with Gasteiger partial charge in [-0.25, -0.2) is 0 Å². The van der Waals surface area contributed by atoms with Crippen LogP contribution in [-0.4, -0.2) is 39.6 Å². The maximum atomic E-state index is 6.36. The van der Waals surface area contributed by atoms with Crippen LogP contribution in [0.25, 0.3) is 0 Å². The maximum absolute atomic E-state index is 6.36. The van der Waals surface area contributed by atoms with Crippen LogP contribution in [0.4, 0.5) is 0 Å². The average Bonchev–Trinajstić information content (AvgIpc) is 2.23. The number of rotatable bonds is 8. The monoisotopic (exact) mass is 286 g/mol. The molecule has 0 aliphatic heterocycles. The van der Waals surface area contributed by atoms with Crippen LogP contribution in [0.3, 0.4) is 0 Å². The van der Waals surface area contributed by atoms with Gasteiger partial charge in [-0.05, 0) is 38.0 Å². The van der Waals surface area contributed by atoms with Gasteiger partial charge in [0.2, 0.25) is 0 Å². The lowest BCUT2D eigenvalue weighted by Gasteiger charge is -2.47. The highest BCUT2D eigenvalue weighted by molar-refractivity contribution is 4.93. The third-order valence-electron chi connectivity index (χ3n) is 5.36. The van der Waals surface area contributed by atoms with E-state index in [1.807, 2.05) is 0 Å². The Morgan fingerprint density at radius 2 is 1.35 bits per heavy atom. The maximum Gasteiger partial charge on any atom is 0.0674 e. The molecular formula is C17H34O3. The Kier molecular flexibility index (Phi) is 6.06. The number of hydrogen-bond donors (Lipinski definition) is 0. The second kappa shape index (κ2) is 6.76. The average molecular weight is 286 g/mol. The van der Waals surface area contributed by atoms with Crippen molar-refractivity contribution in [1.82, 2.24) is 0 Å². The van der Waals surface area contributed by atoms with E-state index in [0.29, 0.717) is 25.7 Å². The molecule has 0 atom stereocenters. The van der Waals surface area contributed by atoms with Crippen molar-refractivity contribution in [3.05, 3.63) is 0 Å². The van der Waals surface area contributed by atoms with Crippen molar-refractivity contribution >= 4 is 0 Å². The summed E-state index contributed by atoms with van der Waals surface area (Å²) in [7, 11) is 3.55. The van der Waals surface area contributed by atoms with Crippen LogP contribution < -0.4 is 0 Å². The molecule has 0 heterocycles. The molecule has 0 aromatic carbocycles. The molecule has 0 aromatic heterocycles. The standard InChI is InChI=1S/C17H34O3/c1-15(2,3)16(4,5)20-13-17(11-18-6,12-19-7)14-9-8-10-14/h14H,8-13H2,1-7H3. The minimum atomic E-state index is -0.163. The van der Waals surface area contributed by atoms with Gasteiger partial charge in [0.25, 0.3) is 0 Å². The summed E-state index contributed by atoms with van der Waals surface area (Å²) in [5.41, 5.74) is -0.0494. The van der Waals surface area contributed by atoms with Gasteiger partial charge in [-0.1, -0.05) is 27.2 Å². The van der Waals surface area contributed by atoms with Crippen molar-refractivity contribution in [2.75, 3.05) is 34.0 Å². The molecule has 0 saturated heterocycles. The van der Waals surface area contributed by atoms with Crippen molar-refractivity contribution < 1.29 is 14.2 Å². The quantitative estimate of drug-likeness (QED) is 0.677. The summed E-state index contributed by atoms with van der Waals surface area (Å²) in [5.74, 6) is 0.665. The fourth-order valence-electron chi connectivity index (χ4n) is 2.61. The summed E-state index contributed by atoms with van der Waals surface area (Å²) in [4.78, 5) is 0. The van der Waals surface area contributed by atoms with Crippen LogP contribution in [0.1, 0.15) is 53.9 Å². The van der Waals surface area contributed by atoms with E-state index in [1.54, 1.807) is 14.2 Å². The van der Waals surface area contributed by atoms with E-state index >= 15 is 0 Å². The number of hydrogen-bond acceptors (Lipinski definition) is 3. The molecule has 120 valence electrons. The van der Waals surface area contributed by atoms with Crippen molar-refractivity contribution in [2.24, 2.45) is 16.7 Å². The van der Waals surface area contributed by atoms with E-state index < -0.39 is 0 Å². The first-order chi connectivity index (χ1) is 9.18. The first kappa shape index (κ1) is 17.9. The fourth-order valence-corrected chi connectivity index (χ4v) is 2.61. The van der Waals surface area contributed by atoms with Gasteiger partial charge in [0.15, 0.2) is 0 Å². The molecule has 1 aliphatic rings. The van der Waals surface area contributed by atoms with Gasteiger partial charge in [-0.3, -0.25) is 0 Å². The molecule has 0 amide bonds. The minimum absolute atomic E-state index is 0.00424. The molecule has 3 heteroatoms. The Morgan fingerprint density at radius 1 is 0.850 bits per heavy atom. The van der Waals surface area contributed by atoms with Gasteiger partial charge in [-0.15, -0.1) is 0 Å². The largest absolute Gasteiger partial charge is 0.384 e. The van der Waals surface area contributed by atoms with Crippen molar-refractivity contribution in [2.45, 2.75) is 59.5 Å². The number of methoxy groups -OCH3 is 2. The van der Waals surface area contributed by atoms with Crippen LogP contribution >= 0.6 is 0 Å². The lowest BCUT2D eigenvalue weighted by molar-refractivity contribution is -0.165. The third kappa shape index (κ3) is 3.96. The van der Waals surface area contributed by atoms with Gasteiger partial charge < -0.3 is 14.2 Å². The molecule has 1 aliphatic carbocycles. The molecule has 1 fully saturated rings. The SMILES string of the molecule is COCC(COC)(COC(C)(C)C(C)(C)C)C1CCC1. The van der Waals surface area contributed by atoms with Crippen LogP contribution in [-0.2, 0) is 14.2 Å². The third-order valence-corrected chi connectivity index (χ3v) is 5.36. The van der Waals surface area contributed by atoms with Gasteiger partial charge in [0, 0.05) is 19.6 Å². The Balaban J connectivity index is 2.78. The summed E-state index contributed by atoms with van der Waals surface area (Å²) >= 11 is 0. The zero-order chi connectivity index (χ0) is 15.4. The Morgan fingerprint density at radius 3 is 1.65 bits per heavy atom. The molecule has 0 bridgehead atoms. The Labute approximate surface area is 125 Å². The van der Waals surface area contributed by atoms with E-state index in [2.05, 4.69) is 34.6 Å². The predicted molar refractivity (Wildman–Crippen MR) is 83.0 cm³/mol. The van der Waals surface area contributed by atoms with Gasteiger partial charge in [0.1, 0.15) is 0 Å². The van der Waals surface area contributed by atoms with Crippen LogP contribution in [0.5, 0.6) is 0 Å². The van der Waals surface area contributed by atoms with E-state index in [0.717, 1.165) is 0 Å². The second-order valence-corrected chi connectivity index (χ2v) is 7.91. The second-order valence-electron chi connectivity index (χ2n) is 7.91. The molecule has 1 rings (SSSR count). The van der Waals surface area contributed by atoms with Crippen molar-refractivity contribution in [3.63, 3.8) is 0 Å². The zero-order valence-electron chi connectivity index (χ0n) is 14.5. The molecule has 0 radical (unpaired) electrons. The van der Waals surface area contributed by atoms with Crippen molar-refractivity contribution in [3.8, 4) is 0 Å². The summed E-state index contributed by atoms with van der Waals surface area (Å²) in [6, 6.07) is 0. The summed E-state index contributed by atoms with van der Waals surface area (Å²) in [6.45, 7) is 13.2. The lowest BCUT2D eigenvalue weighted by atomic mass is 9.66. The van der Waals surface area contributed by atoms with Crippen LogP contribution in [0.2, 0.25) is 0 Å². The van der Waals surface area contributed by atoms with E-state index in [9.17, 15) is 0 Å². The van der Waals surface area contributed by atoms with E-state index in [1.165, 1.54) is 19.3 Å². The first-order valence-corrected chi connectivity index (χ1v) is 7.80. The van der Waals surface area contributed by atoms with Gasteiger partial charge >= 0.3 is 0 Å². The minimum Gasteiger partial charge on any atom is -0.384 e. The lowest BCUT2D eigenvalue weighted by Crippen LogP contribution is -2.50. The molecule has 1 saturated carbocycles. The molecular weight excluding hydrogens is 252 g/mol. The fraction of sp³-hybridized carbons (Fsp3) is 1.00. The Bertz CT molecular complexity index is 281.